The summed E-state index contributed by atoms with van der Waals surface area (Å²) >= 11 is 0. The largest absolute Gasteiger partial charge is 0.493 e. The monoisotopic (exact) mass is 475 g/mol. The highest BCUT2D eigenvalue weighted by molar-refractivity contribution is 5.93. The second-order valence-corrected chi connectivity index (χ2v) is 7.84. The normalized spacial score (nSPS) is 12.3. The van der Waals surface area contributed by atoms with Crippen LogP contribution < -0.4 is 15.2 Å². The van der Waals surface area contributed by atoms with Crippen molar-refractivity contribution in [2.24, 2.45) is 5.73 Å². The van der Waals surface area contributed by atoms with Gasteiger partial charge in [0.15, 0.2) is 11.5 Å². The molecule has 7 nitrogen and oxygen atoms in total. The molecule has 1 heterocycles. The van der Waals surface area contributed by atoms with Crippen LogP contribution in [-0.4, -0.2) is 29.0 Å². The number of hydrogen-bond acceptors (Lipinski definition) is 5. The van der Waals surface area contributed by atoms with Gasteiger partial charge in [-0.05, 0) is 43.7 Å². The highest BCUT2D eigenvalue weighted by Crippen LogP contribution is 2.37. The predicted molar refractivity (Wildman–Crippen MR) is 118 cm³/mol. The summed E-state index contributed by atoms with van der Waals surface area (Å²) in [4.78, 5) is 23.2. The second kappa shape index (κ2) is 9.98. The molecule has 3 N–H and O–H groups in total. The standard InChI is InChI=1S/C24H24F3N3O4/c1-13(31)8-18(19-11-29-30-14(19)2)15-6-7-21(22(10-15)33-3)34-12-17-5-4-16(23(28)32)9-20(17)24(25,26)27/h4-7,9-11,18H,8,12H2,1-3H3,(H2,28,32)(H,29,30). The third-order valence-corrected chi connectivity index (χ3v) is 5.41. The van der Waals surface area contributed by atoms with Crippen LogP contribution in [-0.2, 0) is 17.6 Å². The van der Waals surface area contributed by atoms with Gasteiger partial charge in [0.2, 0.25) is 5.91 Å². The van der Waals surface area contributed by atoms with Gasteiger partial charge in [-0.15, -0.1) is 0 Å². The molecule has 0 aliphatic rings. The summed E-state index contributed by atoms with van der Waals surface area (Å²) in [6.07, 6.45) is -2.79. The molecule has 1 aromatic heterocycles. The Hall–Kier alpha value is -3.82. The SMILES string of the molecule is COc1cc(C(CC(C)=O)c2cn[nH]c2C)ccc1OCc1ccc(C(N)=O)cc1C(F)(F)F. The van der Waals surface area contributed by atoms with E-state index in [2.05, 4.69) is 10.2 Å². The molecule has 34 heavy (non-hydrogen) atoms. The molecule has 180 valence electrons. The number of hydrogen-bond donors (Lipinski definition) is 2. The maximum absolute atomic E-state index is 13.5. The fraction of sp³-hybridized carbons (Fsp3) is 0.292. The molecule has 1 unspecified atom stereocenters. The lowest BCUT2D eigenvalue weighted by Crippen LogP contribution is -2.16. The molecule has 0 spiro atoms. The number of H-pyrrole nitrogens is 1. The van der Waals surface area contributed by atoms with Crippen molar-refractivity contribution in [3.05, 3.63) is 76.1 Å². The Kier molecular flexibility index (Phi) is 7.29. The van der Waals surface area contributed by atoms with Crippen LogP contribution in [0.15, 0.2) is 42.6 Å². The van der Waals surface area contributed by atoms with Gasteiger partial charge < -0.3 is 15.2 Å². The number of nitrogens with two attached hydrogens (primary N) is 1. The van der Waals surface area contributed by atoms with E-state index in [9.17, 15) is 22.8 Å². The van der Waals surface area contributed by atoms with Gasteiger partial charge in [-0.25, -0.2) is 0 Å². The molecule has 0 fully saturated rings. The average molecular weight is 475 g/mol. The van der Waals surface area contributed by atoms with Crippen molar-refractivity contribution in [2.45, 2.75) is 39.0 Å². The van der Waals surface area contributed by atoms with Crippen LogP contribution in [0.5, 0.6) is 11.5 Å². The summed E-state index contributed by atoms with van der Waals surface area (Å²) in [5, 5.41) is 6.89. The Labute approximate surface area is 194 Å². The number of ether oxygens (including phenoxy) is 2. The smallest absolute Gasteiger partial charge is 0.416 e. The van der Waals surface area contributed by atoms with E-state index >= 15 is 0 Å². The van der Waals surface area contributed by atoms with Crippen molar-refractivity contribution >= 4 is 11.7 Å². The van der Waals surface area contributed by atoms with Crippen LogP contribution in [0.1, 0.15) is 57.6 Å². The number of nitrogens with one attached hydrogen (secondary N) is 1. The fourth-order valence-corrected chi connectivity index (χ4v) is 3.70. The van der Waals surface area contributed by atoms with Crippen LogP contribution in [0, 0.1) is 6.92 Å². The zero-order chi connectivity index (χ0) is 25.0. The van der Waals surface area contributed by atoms with Crippen molar-refractivity contribution in [2.75, 3.05) is 7.11 Å². The number of rotatable bonds is 9. The molecule has 1 amide bonds. The average Bonchev–Trinajstić information content (AvgIpc) is 3.20. The Morgan fingerprint density at radius 3 is 2.44 bits per heavy atom. The fourth-order valence-electron chi connectivity index (χ4n) is 3.70. The van der Waals surface area contributed by atoms with E-state index in [0.29, 0.717) is 11.8 Å². The van der Waals surface area contributed by atoms with Crippen LogP contribution in [0.25, 0.3) is 0 Å². The van der Waals surface area contributed by atoms with Gasteiger partial charge in [-0.1, -0.05) is 12.1 Å². The summed E-state index contributed by atoms with van der Waals surface area (Å²) in [7, 11) is 1.41. The topological polar surface area (TPSA) is 107 Å². The highest BCUT2D eigenvalue weighted by atomic mass is 19.4. The number of benzene rings is 2. The van der Waals surface area contributed by atoms with E-state index in [1.165, 1.54) is 20.1 Å². The van der Waals surface area contributed by atoms with Gasteiger partial charge in [0.25, 0.3) is 0 Å². The first kappa shape index (κ1) is 24.8. The van der Waals surface area contributed by atoms with E-state index < -0.39 is 24.3 Å². The Balaban J connectivity index is 1.91. The molecule has 1 atom stereocenters. The summed E-state index contributed by atoms with van der Waals surface area (Å²) in [5.74, 6) is -0.720. The first-order chi connectivity index (χ1) is 16.0. The summed E-state index contributed by atoms with van der Waals surface area (Å²) in [5.41, 5.74) is 6.15. The quantitative estimate of drug-likeness (QED) is 0.473. The number of ketones is 1. The first-order valence-corrected chi connectivity index (χ1v) is 10.3. The number of Topliss-reactive ketones (excluding diaryl/α,β-unsaturated/α-hetero) is 1. The predicted octanol–water partition coefficient (Wildman–Crippen LogP) is 4.53. The van der Waals surface area contributed by atoms with Gasteiger partial charge in [0, 0.05) is 34.7 Å². The van der Waals surface area contributed by atoms with Crippen molar-refractivity contribution in [3.8, 4) is 11.5 Å². The zero-order valence-corrected chi connectivity index (χ0v) is 18.8. The molecule has 0 saturated heterocycles. The maximum Gasteiger partial charge on any atom is 0.416 e. The van der Waals surface area contributed by atoms with Gasteiger partial charge in [-0.3, -0.25) is 14.7 Å². The maximum atomic E-state index is 13.5. The van der Waals surface area contributed by atoms with E-state index in [0.717, 1.165) is 22.9 Å². The lowest BCUT2D eigenvalue weighted by molar-refractivity contribution is -0.138. The molecular weight excluding hydrogens is 451 g/mol. The molecule has 3 rings (SSSR count). The third-order valence-electron chi connectivity index (χ3n) is 5.41. The van der Waals surface area contributed by atoms with Crippen molar-refractivity contribution < 1.29 is 32.2 Å². The number of primary amides is 1. The summed E-state index contributed by atoms with van der Waals surface area (Å²) in [6, 6.07) is 8.10. The number of halogens is 3. The van der Waals surface area contributed by atoms with Crippen molar-refractivity contribution in [3.63, 3.8) is 0 Å². The number of alkyl halides is 3. The van der Waals surface area contributed by atoms with Crippen LogP contribution >= 0.6 is 0 Å². The summed E-state index contributed by atoms with van der Waals surface area (Å²) < 4.78 is 51.6. The van der Waals surface area contributed by atoms with Crippen LogP contribution in [0.4, 0.5) is 13.2 Å². The lowest BCUT2D eigenvalue weighted by atomic mass is 9.87. The van der Waals surface area contributed by atoms with E-state index in [-0.39, 0.29) is 35.0 Å². The molecule has 0 bridgehead atoms. The van der Waals surface area contributed by atoms with E-state index in [4.69, 9.17) is 15.2 Å². The van der Waals surface area contributed by atoms with Crippen LogP contribution in [0.3, 0.4) is 0 Å². The second-order valence-electron chi connectivity index (χ2n) is 7.84. The lowest BCUT2D eigenvalue weighted by Gasteiger charge is -2.19. The minimum Gasteiger partial charge on any atom is -0.493 e. The number of methoxy groups -OCH3 is 1. The number of carbonyl (C=O) groups excluding carboxylic acids is 2. The molecule has 0 aliphatic heterocycles. The number of nitrogens with zero attached hydrogens (tertiary/aromatic N) is 1. The number of aryl methyl sites for hydroxylation is 1. The first-order valence-electron chi connectivity index (χ1n) is 10.3. The zero-order valence-electron chi connectivity index (χ0n) is 18.8. The minimum atomic E-state index is -4.69. The van der Waals surface area contributed by atoms with E-state index in [1.54, 1.807) is 24.4 Å². The van der Waals surface area contributed by atoms with Gasteiger partial charge >= 0.3 is 6.18 Å². The highest BCUT2D eigenvalue weighted by Gasteiger charge is 2.34. The van der Waals surface area contributed by atoms with E-state index in [1.807, 2.05) is 6.92 Å². The number of carbonyl (C=O) groups is 2. The molecule has 0 aliphatic carbocycles. The number of aromatic nitrogens is 2. The van der Waals surface area contributed by atoms with Crippen molar-refractivity contribution in [1.29, 1.82) is 0 Å². The van der Waals surface area contributed by atoms with Crippen LogP contribution in [0.2, 0.25) is 0 Å². The molecule has 10 heteroatoms. The minimum absolute atomic E-state index is 0.0102. The van der Waals surface area contributed by atoms with Gasteiger partial charge in [0.1, 0.15) is 12.4 Å². The Bertz CT molecular complexity index is 1200. The van der Waals surface area contributed by atoms with Crippen molar-refractivity contribution in [1.82, 2.24) is 10.2 Å². The summed E-state index contributed by atoms with van der Waals surface area (Å²) in [6.45, 7) is 2.94. The Morgan fingerprint density at radius 1 is 1.15 bits per heavy atom. The molecule has 2 aromatic carbocycles. The number of aromatic amines is 1. The number of amides is 1. The molecule has 0 radical (unpaired) electrons. The van der Waals surface area contributed by atoms with Gasteiger partial charge in [0.05, 0.1) is 18.9 Å². The molecular formula is C24H24F3N3O4. The van der Waals surface area contributed by atoms with Gasteiger partial charge in [-0.2, -0.15) is 18.3 Å². The molecule has 3 aromatic rings. The Morgan fingerprint density at radius 2 is 1.88 bits per heavy atom. The molecule has 0 saturated carbocycles. The third kappa shape index (κ3) is 5.56.